The number of aromatic nitrogens is 5. The summed E-state index contributed by atoms with van der Waals surface area (Å²) in [5, 5.41) is 15.0. The lowest BCUT2D eigenvalue weighted by atomic mass is 9.71. The molecule has 4 aliphatic rings. The van der Waals surface area contributed by atoms with Gasteiger partial charge in [0.2, 0.25) is 5.95 Å². The summed E-state index contributed by atoms with van der Waals surface area (Å²) >= 11 is 0. The molecule has 3 fully saturated rings. The molecular weight excluding hydrogens is 564 g/mol. The molecule has 3 aromatic heterocycles. The van der Waals surface area contributed by atoms with Crippen LogP contribution in [0, 0.1) is 10.8 Å². The second-order valence-corrected chi connectivity index (χ2v) is 14.4. The number of piperidine rings is 2. The summed E-state index contributed by atoms with van der Waals surface area (Å²) < 4.78 is 3.48. The van der Waals surface area contributed by atoms with Gasteiger partial charge in [-0.05, 0) is 127 Å². The van der Waals surface area contributed by atoms with Gasteiger partial charge in [0, 0.05) is 42.1 Å². The Morgan fingerprint density at radius 1 is 0.911 bits per heavy atom. The SMILES string of the molecule is CC(C)n1c(=O)c2cnc(Nc3ccc(N4CCC5(CCN(C)CC5)CC4)cc3)nc2n1-c1ccc2c(n1)C(O)C1(CC2)CC1. The number of rotatable bonds is 5. The second-order valence-electron chi connectivity index (χ2n) is 14.4. The molecule has 2 N–H and O–H groups in total. The van der Waals surface area contributed by atoms with Crippen LogP contribution in [0.4, 0.5) is 17.3 Å². The van der Waals surface area contributed by atoms with Crippen molar-refractivity contribution in [3.63, 3.8) is 0 Å². The lowest BCUT2D eigenvalue weighted by Gasteiger charge is -2.46. The average Bonchev–Trinajstić information content (AvgIpc) is 3.78. The number of fused-ring (bicyclic) bond motifs is 2. The van der Waals surface area contributed by atoms with Crippen LogP contribution in [0.1, 0.15) is 82.2 Å². The van der Waals surface area contributed by atoms with Crippen LogP contribution in [0.3, 0.4) is 0 Å². The van der Waals surface area contributed by atoms with Crippen LogP contribution in [-0.4, -0.2) is 67.5 Å². The number of nitrogens with one attached hydrogen (secondary N) is 1. The van der Waals surface area contributed by atoms with Crippen molar-refractivity contribution in [2.45, 2.75) is 77.4 Å². The van der Waals surface area contributed by atoms with Gasteiger partial charge in [-0.2, -0.15) is 4.98 Å². The Morgan fingerprint density at radius 2 is 1.62 bits per heavy atom. The highest BCUT2D eigenvalue weighted by molar-refractivity contribution is 5.77. The first-order chi connectivity index (χ1) is 21.7. The normalized spacial score (nSPS) is 22.3. The van der Waals surface area contributed by atoms with E-state index in [0.29, 0.717) is 28.2 Å². The molecule has 0 radical (unpaired) electrons. The van der Waals surface area contributed by atoms with Crippen LogP contribution in [0.25, 0.3) is 16.9 Å². The molecule has 10 heteroatoms. The Hall–Kier alpha value is -3.76. The number of pyridine rings is 1. The Morgan fingerprint density at radius 3 is 2.31 bits per heavy atom. The zero-order chi connectivity index (χ0) is 30.9. The van der Waals surface area contributed by atoms with Crippen LogP contribution in [0.2, 0.25) is 0 Å². The summed E-state index contributed by atoms with van der Waals surface area (Å²) in [5.74, 6) is 1.01. The third-order valence-corrected chi connectivity index (χ3v) is 11.3. The maximum Gasteiger partial charge on any atom is 0.278 e. The molecule has 4 aromatic rings. The maximum absolute atomic E-state index is 13.6. The van der Waals surface area contributed by atoms with E-state index in [1.807, 2.05) is 19.9 Å². The van der Waals surface area contributed by atoms with Crippen molar-refractivity contribution < 1.29 is 5.11 Å². The minimum Gasteiger partial charge on any atom is -0.386 e. The Labute approximate surface area is 264 Å². The summed E-state index contributed by atoms with van der Waals surface area (Å²) in [6.45, 7) is 8.62. The van der Waals surface area contributed by atoms with E-state index in [1.54, 1.807) is 15.6 Å². The van der Waals surface area contributed by atoms with Crippen molar-refractivity contribution in [1.29, 1.82) is 0 Å². The highest BCUT2D eigenvalue weighted by atomic mass is 16.3. The summed E-state index contributed by atoms with van der Waals surface area (Å²) in [6, 6.07) is 12.4. The predicted octanol–water partition coefficient (Wildman–Crippen LogP) is 5.37. The lowest BCUT2D eigenvalue weighted by Crippen LogP contribution is -2.46. The van der Waals surface area contributed by atoms with Crippen molar-refractivity contribution in [3.05, 3.63) is 64.2 Å². The number of hydrogen-bond donors (Lipinski definition) is 2. The van der Waals surface area contributed by atoms with E-state index in [9.17, 15) is 9.90 Å². The topological polar surface area (TPSA) is 104 Å². The number of aliphatic hydroxyl groups excluding tert-OH is 1. The van der Waals surface area contributed by atoms with E-state index in [2.05, 4.69) is 57.5 Å². The fourth-order valence-electron chi connectivity index (χ4n) is 8.02. The molecule has 1 atom stereocenters. The van der Waals surface area contributed by atoms with E-state index < -0.39 is 6.10 Å². The van der Waals surface area contributed by atoms with Crippen molar-refractivity contribution in [3.8, 4) is 5.82 Å². The minimum atomic E-state index is -0.572. The van der Waals surface area contributed by atoms with E-state index in [0.717, 1.165) is 55.7 Å². The maximum atomic E-state index is 13.6. The summed E-state index contributed by atoms with van der Waals surface area (Å²) in [6.07, 6.45) is 10.2. The Balaban J connectivity index is 1.05. The fraction of sp³-hybridized carbons (Fsp3) is 0.543. The molecule has 1 saturated carbocycles. The van der Waals surface area contributed by atoms with Gasteiger partial charge in [-0.3, -0.25) is 4.79 Å². The van der Waals surface area contributed by atoms with Crippen molar-refractivity contribution in [1.82, 2.24) is 29.2 Å². The van der Waals surface area contributed by atoms with Gasteiger partial charge in [-0.25, -0.2) is 19.3 Å². The Bertz CT molecular complexity index is 1790. The molecule has 0 amide bonds. The molecular formula is C35H44N8O2. The fourth-order valence-corrected chi connectivity index (χ4v) is 8.02. The third-order valence-electron chi connectivity index (χ3n) is 11.3. The summed E-state index contributed by atoms with van der Waals surface area (Å²) in [5.41, 5.74) is 4.82. The molecule has 2 saturated heterocycles. The number of aliphatic hydroxyl groups is 1. The standard InChI is InChI=1S/C35H44N8O2/c1-23(2)42-32(45)27-22-36-33(39-31(27)43(42)28-9-4-24-10-11-35(12-13-35)30(44)29(24)38-28)37-25-5-7-26(8-6-25)41-20-16-34(17-21-41)14-18-40(3)19-15-34/h4-9,22-23,30,44H,10-21H2,1-3H3,(H,36,37,39). The van der Waals surface area contributed by atoms with E-state index in [-0.39, 0.29) is 17.0 Å². The molecule has 0 bridgehead atoms. The number of aryl methyl sites for hydroxylation is 1. The Kier molecular flexibility index (Phi) is 6.80. The highest BCUT2D eigenvalue weighted by Gasteiger charge is 2.52. The zero-order valence-electron chi connectivity index (χ0n) is 26.7. The van der Waals surface area contributed by atoms with Crippen LogP contribution in [-0.2, 0) is 6.42 Å². The van der Waals surface area contributed by atoms with Gasteiger partial charge in [0.25, 0.3) is 5.56 Å². The molecule has 45 heavy (non-hydrogen) atoms. The van der Waals surface area contributed by atoms with E-state index in [4.69, 9.17) is 9.97 Å². The molecule has 2 aliphatic carbocycles. The van der Waals surface area contributed by atoms with Crippen LogP contribution in [0.5, 0.6) is 0 Å². The summed E-state index contributed by atoms with van der Waals surface area (Å²) in [4.78, 5) is 32.9. The lowest BCUT2D eigenvalue weighted by molar-refractivity contribution is 0.0734. The quantitative estimate of drug-likeness (QED) is 0.312. The van der Waals surface area contributed by atoms with Gasteiger partial charge in [-0.15, -0.1) is 0 Å². The van der Waals surface area contributed by atoms with Crippen LogP contribution < -0.4 is 15.8 Å². The predicted molar refractivity (Wildman–Crippen MR) is 177 cm³/mol. The average molecular weight is 609 g/mol. The number of nitrogens with zero attached hydrogens (tertiary/aromatic N) is 7. The van der Waals surface area contributed by atoms with Gasteiger partial charge in [0.1, 0.15) is 11.5 Å². The van der Waals surface area contributed by atoms with Crippen molar-refractivity contribution >= 4 is 28.4 Å². The number of benzene rings is 1. The number of hydrogen-bond acceptors (Lipinski definition) is 8. The molecule has 8 rings (SSSR count). The molecule has 236 valence electrons. The monoisotopic (exact) mass is 608 g/mol. The summed E-state index contributed by atoms with van der Waals surface area (Å²) in [7, 11) is 2.24. The van der Waals surface area contributed by atoms with Gasteiger partial charge in [0.15, 0.2) is 11.5 Å². The van der Waals surface area contributed by atoms with Crippen molar-refractivity contribution in [2.75, 3.05) is 43.4 Å². The molecule has 10 nitrogen and oxygen atoms in total. The van der Waals surface area contributed by atoms with Gasteiger partial charge >= 0.3 is 0 Å². The van der Waals surface area contributed by atoms with E-state index >= 15 is 0 Å². The van der Waals surface area contributed by atoms with E-state index in [1.165, 1.54) is 44.5 Å². The van der Waals surface area contributed by atoms with Crippen molar-refractivity contribution in [2.24, 2.45) is 10.8 Å². The van der Waals surface area contributed by atoms with Crippen LogP contribution >= 0.6 is 0 Å². The molecule has 2 spiro atoms. The smallest absolute Gasteiger partial charge is 0.278 e. The van der Waals surface area contributed by atoms with Gasteiger partial charge in [-0.1, -0.05) is 6.07 Å². The number of likely N-dealkylation sites (tertiary alicyclic amines) is 1. The first kappa shape index (κ1) is 28.7. The first-order valence-corrected chi connectivity index (χ1v) is 16.7. The largest absolute Gasteiger partial charge is 0.386 e. The minimum absolute atomic E-state index is 0.0211. The third kappa shape index (κ3) is 4.93. The van der Waals surface area contributed by atoms with Gasteiger partial charge < -0.3 is 20.2 Å². The molecule has 5 heterocycles. The molecule has 1 aromatic carbocycles. The second kappa shape index (κ2) is 10.7. The molecule has 1 unspecified atom stereocenters. The number of anilines is 3. The highest BCUT2D eigenvalue weighted by Crippen LogP contribution is 2.60. The van der Waals surface area contributed by atoms with Gasteiger partial charge in [0.05, 0.1) is 5.69 Å². The molecule has 2 aliphatic heterocycles. The first-order valence-electron chi connectivity index (χ1n) is 16.7. The zero-order valence-corrected chi connectivity index (χ0v) is 26.7. The van der Waals surface area contributed by atoms with Crippen LogP contribution in [0.15, 0.2) is 47.4 Å².